The van der Waals surface area contributed by atoms with Crippen molar-refractivity contribution >= 4 is 17.2 Å². The Bertz CT molecular complexity index is 411. The van der Waals surface area contributed by atoms with Crippen molar-refractivity contribution in [2.45, 2.75) is 32.3 Å². The Morgan fingerprint density at radius 1 is 1.47 bits per heavy atom. The zero-order chi connectivity index (χ0) is 13.7. The molecule has 0 bridgehead atoms. The predicted molar refractivity (Wildman–Crippen MR) is 77.6 cm³/mol. The minimum atomic E-state index is 0.165. The molecule has 1 aliphatic rings. The normalized spacial score (nSPS) is 16.8. The number of ether oxygens (including phenoxy) is 1. The first kappa shape index (κ1) is 14.5. The summed E-state index contributed by atoms with van der Waals surface area (Å²) in [5, 5.41) is 0. The van der Waals surface area contributed by atoms with Crippen LogP contribution in [-0.4, -0.2) is 43.2 Å². The molecule has 19 heavy (non-hydrogen) atoms. The van der Waals surface area contributed by atoms with E-state index in [1.54, 1.807) is 11.3 Å². The van der Waals surface area contributed by atoms with Crippen LogP contribution >= 0.6 is 11.3 Å². The van der Waals surface area contributed by atoms with E-state index in [0.717, 1.165) is 43.8 Å². The minimum absolute atomic E-state index is 0.165. The third kappa shape index (κ3) is 4.03. The lowest BCUT2D eigenvalue weighted by Gasteiger charge is -2.31. The Balaban J connectivity index is 1.78. The van der Waals surface area contributed by atoms with Crippen LogP contribution in [-0.2, 0) is 4.74 Å². The number of rotatable bonds is 5. The van der Waals surface area contributed by atoms with Crippen LogP contribution < -0.4 is 5.73 Å². The molecule has 1 aromatic heterocycles. The molecule has 0 unspecified atom stereocenters. The summed E-state index contributed by atoms with van der Waals surface area (Å²) in [5.74, 6) is 0.165. The molecule has 0 saturated carbocycles. The van der Waals surface area contributed by atoms with Crippen LogP contribution in [0.4, 0.5) is 0 Å². The maximum atomic E-state index is 12.3. The third-order valence-corrected chi connectivity index (χ3v) is 4.37. The van der Waals surface area contributed by atoms with Gasteiger partial charge in [0.05, 0.1) is 11.0 Å². The lowest BCUT2D eigenvalue weighted by Crippen LogP contribution is -2.40. The first-order valence-electron chi connectivity index (χ1n) is 6.88. The lowest BCUT2D eigenvalue weighted by molar-refractivity contribution is 0.00858. The van der Waals surface area contributed by atoms with E-state index in [2.05, 4.69) is 0 Å². The third-order valence-electron chi connectivity index (χ3n) is 3.38. The number of nitrogens with two attached hydrogens (primary N) is 1. The SMILES string of the molecule is Cc1ccc(C(=O)N2CCC(OCCCN)CC2)s1. The average Bonchev–Trinajstić information content (AvgIpc) is 2.86. The zero-order valence-corrected chi connectivity index (χ0v) is 12.2. The Labute approximate surface area is 118 Å². The van der Waals surface area contributed by atoms with Crippen LogP contribution in [0.15, 0.2) is 12.1 Å². The molecule has 2 rings (SSSR count). The molecule has 1 amide bonds. The molecule has 1 aliphatic heterocycles. The van der Waals surface area contributed by atoms with Crippen molar-refractivity contribution in [3.05, 3.63) is 21.9 Å². The second-order valence-electron chi connectivity index (χ2n) is 4.91. The molecule has 0 atom stereocenters. The topological polar surface area (TPSA) is 55.6 Å². The number of hydrogen-bond acceptors (Lipinski definition) is 4. The summed E-state index contributed by atoms with van der Waals surface area (Å²) >= 11 is 1.57. The van der Waals surface area contributed by atoms with E-state index in [4.69, 9.17) is 10.5 Å². The molecular formula is C14H22N2O2S. The number of carbonyl (C=O) groups excluding carboxylic acids is 1. The van der Waals surface area contributed by atoms with Gasteiger partial charge in [-0.1, -0.05) is 0 Å². The van der Waals surface area contributed by atoms with Crippen molar-refractivity contribution in [1.82, 2.24) is 4.90 Å². The standard InChI is InChI=1S/C14H22N2O2S/c1-11-3-4-13(19-11)14(17)16-8-5-12(6-9-16)18-10-2-7-15/h3-4,12H,2,5-10,15H2,1H3. The van der Waals surface area contributed by atoms with Gasteiger partial charge in [0, 0.05) is 24.6 Å². The first-order valence-corrected chi connectivity index (χ1v) is 7.69. The number of hydrogen-bond donors (Lipinski definition) is 1. The highest BCUT2D eigenvalue weighted by atomic mass is 32.1. The van der Waals surface area contributed by atoms with Crippen molar-refractivity contribution in [3.8, 4) is 0 Å². The molecule has 0 aromatic carbocycles. The van der Waals surface area contributed by atoms with Gasteiger partial charge in [0.15, 0.2) is 0 Å². The zero-order valence-electron chi connectivity index (χ0n) is 11.4. The molecule has 0 aliphatic carbocycles. The van der Waals surface area contributed by atoms with Gasteiger partial charge in [-0.25, -0.2) is 0 Å². The molecule has 106 valence electrons. The van der Waals surface area contributed by atoms with E-state index in [1.165, 1.54) is 4.88 Å². The number of likely N-dealkylation sites (tertiary alicyclic amines) is 1. The van der Waals surface area contributed by atoms with Crippen LogP contribution in [0.5, 0.6) is 0 Å². The van der Waals surface area contributed by atoms with Crippen molar-refractivity contribution in [2.75, 3.05) is 26.2 Å². The highest BCUT2D eigenvalue weighted by Crippen LogP contribution is 2.21. The number of thiophene rings is 1. The van der Waals surface area contributed by atoms with Crippen molar-refractivity contribution in [3.63, 3.8) is 0 Å². The monoisotopic (exact) mass is 282 g/mol. The lowest BCUT2D eigenvalue weighted by atomic mass is 10.1. The Morgan fingerprint density at radius 2 is 2.21 bits per heavy atom. The molecule has 1 aromatic rings. The Kier molecular flexibility index (Phi) is 5.36. The van der Waals surface area contributed by atoms with E-state index in [1.807, 2.05) is 24.0 Å². The van der Waals surface area contributed by atoms with Crippen LogP contribution in [0, 0.1) is 6.92 Å². The van der Waals surface area contributed by atoms with Gasteiger partial charge in [0.25, 0.3) is 5.91 Å². The van der Waals surface area contributed by atoms with E-state index < -0.39 is 0 Å². The molecule has 1 saturated heterocycles. The number of carbonyl (C=O) groups is 1. The number of amides is 1. The molecule has 2 heterocycles. The average molecular weight is 282 g/mol. The Hall–Kier alpha value is -0.910. The van der Waals surface area contributed by atoms with Gasteiger partial charge in [0.1, 0.15) is 0 Å². The van der Waals surface area contributed by atoms with Gasteiger partial charge in [0.2, 0.25) is 0 Å². The van der Waals surface area contributed by atoms with Gasteiger partial charge in [-0.15, -0.1) is 11.3 Å². The highest BCUT2D eigenvalue weighted by Gasteiger charge is 2.24. The van der Waals surface area contributed by atoms with Crippen molar-refractivity contribution in [2.24, 2.45) is 5.73 Å². The fourth-order valence-electron chi connectivity index (χ4n) is 2.26. The van der Waals surface area contributed by atoms with Crippen molar-refractivity contribution < 1.29 is 9.53 Å². The Morgan fingerprint density at radius 3 is 2.79 bits per heavy atom. The van der Waals surface area contributed by atoms with Gasteiger partial charge in [-0.05, 0) is 44.9 Å². The summed E-state index contributed by atoms with van der Waals surface area (Å²) in [6.45, 7) is 5.03. The van der Waals surface area contributed by atoms with Crippen LogP contribution in [0.1, 0.15) is 33.8 Å². The van der Waals surface area contributed by atoms with E-state index >= 15 is 0 Å². The minimum Gasteiger partial charge on any atom is -0.378 e. The molecule has 5 heteroatoms. The summed E-state index contributed by atoms with van der Waals surface area (Å²) in [5.41, 5.74) is 5.44. The largest absolute Gasteiger partial charge is 0.378 e. The smallest absolute Gasteiger partial charge is 0.263 e. The summed E-state index contributed by atoms with van der Waals surface area (Å²) in [6.07, 6.45) is 3.07. The second kappa shape index (κ2) is 7.03. The fraction of sp³-hybridized carbons (Fsp3) is 0.643. The van der Waals surface area contributed by atoms with E-state index in [-0.39, 0.29) is 5.91 Å². The molecular weight excluding hydrogens is 260 g/mol. The van der Waals surface area contributed by atoms with Crippen molar-refractivity contribution in [1.29, 1.82) is 0 Å². The van der Waals surface area contributed by atoms with Gasteiger partial charge >= 0.3 is 0 Å². The van der Waals surface area contributed by atoms with E-state index in [0.29, 0.717) is 12.6 Å². The first-order chi connectivity index (χ1) is 9.20. The number of aryl methyl sites for hydroxylation is 1. The van der Waals surface area contributed by atoms with Crippen LogP contribution in [0.3, 0.4) is 0 Å². The van der Waals surface area contributed by atoms with E-state index in [9.17, 15) is 4.79 Å². The van der Waals surface area contributed by atoms with Gasteiger partial charge in [-0.3, -0.25) is 4.79 Å². The number of nitrogens with zero attached hydrogens (tertiary/aromatic N) is 1. The quantitative estimate of drug-likeness (QED) is 0.841. The molecule has 1 fully saturated rings. The predicted octanol–water partition coefficient (Wildman–Crippen LogP) is 2.03. The summed E-state index contributed by atoms with van der Waals surface area (Å²) in [7, 11) is 0. The summed E-state index contributed by atoms with van der Waals surface area (Å²) < 4.78 is 5.75. The van der Waals surface area contributed by atoms with Gasteiger partial charge in [-0.2, -0.15) is 0 Å². The fourth-order valence-corrected chi connectivity index (χ4v) is 3.10. The van der Waals surface area contributed by atoms with Gasteiger partial charge < -0.3 is 15.4 Å². The van der Waals surface area contributed by atoms with Crippen LogP contribution in [0.2, 0.25) is 0 Å². The van der Waals surface area contributed by atoms with Crippen LogP contribution in [0.25, 0.3) is 0 Å². The second-order valence-corrected chi connectivity index (χ2v) is 6.20. The molecule has 0 radical (unpaired) electrons. The summed E-state index contributed by atoms with van der Waals surface area (Å²) in [6, 6.07) is 3.92. The summed E-state index contributed by atoms with van der Waals surface area (Å²) in [4.78, 5) is 16.2. The highest BCUT2D eigenvalue weighted by molar-refractivity contribution is 7.13. The molecule has 2 N–H and O–H groups in total. The molecule has 0 spiro atoms. The number of piperidine rings is 1. The maximum Gasteiger partial charge on any atom is 0.263 e. The maximum absolute atomic E-state index is 12.3. The molecule has 4 nitrogen and oxygen atoms in total.